The molecule has 0 saturated carbocycles. The predicted molar refractivity (Wildman–Crippen MR) is 78.4 cm³/mol. The molecule has 0 spiro atoms. The Kier molecular flexibility index (Phi) is 5.39. The molecular weight excluding hydrogens is 301 g/mol. The molecule has 0 saturated heterocycles. The van der Waals surface area contributed by atoms with Crippen LogP contribution in [-0.4, -0.2) is 22.1 Å². The molecule has 2 N–H and O–H groups in total. The molecule has 0 unspecified atom stereocenters. The van der Waals surface area contributed by atoms with Crippen LogP contribution in [0.3, 0.4) is 0 Å². The molecule has 0 bridgehead atoms. The number of thioether (sulfide) groups is 1. The van der Waals surface area contributed by atoms with Crippen molar-refractivity contribution in [3.63, 3.8) is 0 Å². The minimum absolute atomic E-state index is 0.0860. The maximum Gasteiger partial charge on any atom is 0.243 e. The van der Waals surface area contributed by atoms with Gasteiger partial charge in [-0.25, -0.2) is 4.39 Å². The van der Waals surface area contributed by atoms with Crippen molar-refractivity contribution in [1.82, 2.24) is 10.1 Å². The highest BCUT2D eigenvalue weighted by molar-refractivity contribution is 7.98. The molecule has 0 amide bonds. The number of hydrogen-bond donors (Lipinski definition) is 1. The summed E-state index contributed by atoms with van der Waals surface area (Å²) >= 11 is 7.43. The second kappa shape index (κ2) is 7.06. The third-order valence-corrected chi connectivity index (χ3v) is 3.75. The van der Waals surface area contributed by atoms with Crippen LogP contribution in [0.15, 0.2) is 22.7 Å². The first-order chi connectivity index (χ1) is 9.61. The van der Waals surface area contributed by atoms with Gasteiger partial charge in [-0.15, -0.1) is 0 Å². The fraction of sp³-hybridized carbons (Fsp3) is 0.385. The molecule has 4 nitrogen and oxygen atoms in total. The van der Waals surface area contributed by atoms with Crippen LogP contribution in [0, 0.1) is 5.82 Å². The first-order valence-corrected chi connectivity index (χ1v) is 7.89. The molecule has 0 radical (unpaired) electrons. The smallest absolute Gasteiger partial charge is 0.243 e. The highest BCUT2D eigenvalue weighted by atomic mass is 35.5. The molecule has 0 aliphatic rings. The van der Waals surface area contributed by atoms with Gasteiger partial charge in [-0.2, -0.15) is 16.7 Å². The van der Waals surface area contributed by atoms with Gasteiger partial charge >= 0.3 is 0 Å². The maximum atomic E-state index is 13.8. The maximum absolute atomic E-state index is 13.8. The highest BCUT2D eigenvalue weighted by Crippen LogP contribution is 2.20. The number of rotatable bonds is 6. The van der Waals surface area contributed by atoms with Gasteiger partial charge in [0.15, 0.2) is 5.82 Å². The monoisotopic (exact) mass is 315 g/mol. The van der Waals surface area contributed by atoms with Crippen LogP contribution in [0.5, 0.6) is 0 Å². The lowest BCUT2D eigenvalue weighted by atomic mass is 10.1. The average molecular weight is 316 g/mol. The normalized spacial score (nSPS) is 12.6. The van der Waals surface area contributed by atoms with Gasteiger partial charge in [0, 0.05) is 6.42 Å². The van der Waals surface area contributed by atoms with Crippen molar-refractivity contribution in [2.45, 2.75) is 18.9 Å². The number of benzene rings is 1. The molecule has 0 fully saturated rings. The van der Waals surface area contributed by atoms with Crippen molar-refractivity contribution in [2.75, 3.05) is 12.0 Å². The number of aromatic nitrogens is 2. The van der Waals surface area contributed by atoms with E-state index in [-0.39, 0.29) is 17.5 Å². The van der Waals surface area contributed by atoms with Gasteiger partial charge in [-0.05, 0) is 30.1 Å². The number of nitrogens with zero attached hydrogens (tertiary/aromatic N) is 2. The van der Waals surface area contributed by atoms with Gasteiger partial charge in [0.1, 0.15) is 5.82 Å². The van der Waals surface area contributed by atoms with Crippen molar-refractivity contribution >= 4 is 23.4 Å². The number of hydrogen-bond acceptors (Lipinski definition) is 5. The van der Waals surface area contributed by atoms with Gasteiger partial charge < -0.3 is 10.3 Å². The zero-order valence-corrected chi connectivity index (χ0v) is 12.5. The van der Waals surface area contributed by atoms with E-state index in [1.165, 1.54) is 6.07 Å². The molecule has 1 aromatic heterocycles. The number of halogens is 2. The molecule has 0 aliphatic heterocycles. The van der Waals surface area contributed by atoms with Crippen LogP contribution >= 0.6 is 23.4 Å². The van der Waals surface area contributed by atoms with Crippen LogP contribution in [0.1, 0.15) is 29.7 Å². The molecule has 108 valence electrons. The fourth-order valence-corrected chi connectivity index (χ4v) is 2.40. The summed E-state index contributed by atoms with van der Waals surface area (Å²) in [4.78, 5) is 4.21. The van der Waals surface area contributed by atoms with E-state index in [4.69, 9.17) is 21.9 Å². The first kappa shape index (κ1) is 15.3. The molecule has 2 rings (SSSR count). The fourth-order valence-electron chi connectivity index (χ4n) is 1.71. The second-order valence-corrected chi connectivity index (χ2v) is 5.72. The number of nitrogens with two attached hydrogens (primary N) is 1. The summed E-state index contributed by atoms with van der Waals surface area (Å²) in [5, 5.41) is 3.91. The van der Waals surface area contributed by atoms with Crippen molar-refractivity contribution < 1.29 is 8.91 Å². The Morgan fingerprint density at radius 3 is 3.05 bits per heavy atom. The topological polar surface area (TPSA) is 64.9 Å². The summed E-state index contributed by atoms with van der Waals surface area (Å²) in [6.45, 7) is 0. The minimum atomic E-state index is -0.452. The van der Waals surface area contributed by atoms with E-state index in [1.54, 1.807) is 23.9 Å². The summed E-state index contributed by atoms with van der Waals surface area (Å²) in [5.74, 6) is 1.26. The molecule has 2 aromatic rings. The molecule has 20 heavy (non-hydrogen) atoms. The summed E-state index contributed by atoms with van der Waals surface area (Å²) in [6, 6.07) is 4.55. The molecule has 7 heteroatoms. The zero-order valence-electron chi connectivity index (χ0n) is 11.0. The van der Waals surface area contributed by atoms with E-state index >= 15 is 0 Å². The Labute approximate surface area is 125 Å². The largest absolute Gasteiger partial charge is 0.338 e. The van der Waals surface area contributed by atoms with Crippen molar-refractivity contribution in [3.8, 4) is 0 Å². The summed E-state index contributed by atoms with van der Waals surface area (Å²) in [5.41, 5.74) is 6.37. The molecule has 1 atom stereocenters. The summed E-state index contributed by atoms with van der Waals surface area (Å²) in [7, 11) is 0. The lowest BCUT2D eigenvalue weighted by molar-refractivity contribution is 0.349. The Hall–Kier alpha value is -1.11. The third kappa shape index (κ3) is 3.71. The zero-order chi connectivity index (χ0) is 14.5. The van der Waals surface area contributed by atoms with Crippen LogP contribution in [0.4, 0.5) is 4.39 Å². The summed E-state index contributed by atoms with van der Waals surface area (Å²) < 4.78 is 18.9. The van der Waals surface area contributed by atoms with Crippen molar-refractivity contribution in [1.29, 1.82) is 0 Å². The quantitative estimate of drug-likeness (QED) is 0.886. The highest BCUT2D eigenvalue weighted by Gasteiger charge is 2.16. The SMILES string of the molecule is CSCC[C@@H](N)c1nc(Cc2cccc(Cl)c2F)no1. The van der Waals surface area contributed by atoms with Gasteiger partial charge in [-0.1, -0.05) is 28.9 Å². The molecule has 1 heterocycles. The Balaban J connectivity index is 2.07. The van der Waals surface area contributed by atoms with E-state index in [0.29, 0.717) is 17.3 Å². The van der Waals surface area contributed by atoms with Gasteiger partial charge in [0.2, 0.25) is 5.89 Å². The van der Waals surface area contributed by atoms with Crippen LogP contribution in [0.25, 0.3) is 0 Å². The molecular formula is C13H15ClFN3OS. The van der Waals surface area contributed by atoms with E-state index in [0.717, 1.165) is 12.2 Å². The van der Waals surface area contributed by atoms with E-state index in [1.807, 2.05) is 6.26 Å². The van der Waals surface area contributed by atoms with Gasteiger partial charge in [-0.3, -0.25) is 0 Å². The third-order valence-electron chi connectivity index (χ3n) is 2.81. The lowest BCUT2D eigenvalue weighted by Gasteiger charge is -2.03. The predicted octanol–water partition coefficient (Wildman–Crippen LogP) is 3.21. The Bertz CT molecular complexity index is 578. The van der Waals surface area contributed by atoms with Crippen LogP contribution in [-0.2, 0) is 6.42 Å². The average Bonchev–Trinajstić information content (AvgIpc) is 2.90. The van der Waals surface area contributed by atoms with Crippen LogP contribution < -0.4 is 5.73 Å². The Morgan fingerprint density at radius 2 is 2.30 bits per heavy atom. The van der Waals surface area contributed by atoms with Gasteiger partial charge in [0.25, 0.3) is 0 Å². The van der Waals surface area contributed by atoms with Gasteiger partial charge in [0.05, 0.1) is 11.1 Å². The molecule has 1 aromatic carbocycles. The van der Waals surface area contributed by atoms with E-state index in [2.05, 4.69) is 10.1 Å². The standard InChI is InChI=1S/C13H15ClFN3OS/c1-20-6-5-10(16)13-17-11(18-19-13)7-8-3-2-4-9(14)12(8)15/h2-4,10H,5-7,16H2,1H3/t10-/m1/s1. The van der Waals surface area contributed by atoms with Crippen LogP contribution in [0.2, 0.25) is 5.02 Å². The minimum Gasteiger partial charge on any atom is -0.338 e. The first-order valence-electron chi connectivity index (χ1n) is 6.11. The summed E-state index contributed by atoms with van der Waals surface area (Å²) in [6.07, 6.45) is 2.99. The van der Waals surface area contributed by atoms with E-state index in [9.17, 15) is 4.39 Å². The lowest BCUT2D eigenvalue weighted by Crippen LogP contribution is -2.11. The van der Waals surface area contributed by atoms with E-state index < -0.39 is 5.82 Å². The molecule has 0 aliphatic carbocycles. The van der Waals surface area contributed by atoms with Crippen molar-refractivity contribution in [3.05, 3.63) is 46.3 Å². The Morgan fingerprint density at radius 1 is 1.50 bits per heavy atom. The van der Waals surface area contributed by atoms with Crippen molar-refractivity contribution in [2.24, 2.45) is 5.73 Å². The second-order valence-electron chi connectivity index (χ2n) is 4.33.